The van der Waals surface area contributed by atoms with Crippen molar-refractivity contribution in [2.75, 3.05) is 42.3 Å². The highest BCUT2D eigenvalue weighted by Gasteiger charge is 2.32. The predicted molar refractivity (Wildman–Crippen MR) is 111 cm³/mol. The lowest BCUT2D eigenvalue weighted by atomic mass is 10.1. The largest absolute Gasteiger partial charge is 0.378 e. The third-order valence-electron chi connectivity index (χ3n) is 5.19. The van der Waals surface area contributed by atoms with Gasteiger partial charge in [-0.3, -0.25) is 9.36 Å². The Bertz CT molecular complexity index is 843. The summed E-state index contributed by atoms with van der Waals surface area (Å²) in [6.07, 6.45) is 3.19. The Morgan fingerprint density at radius 2 is 2.07 bits per heavy atom. The van der Waals surface area contributed by atoms with Gasteiger partial charge in [0.1, 0.15) is 0 Å². The van der Waals surface area contributed by atoms with Crippen LogP contribution in [0.25, 0.3) is 0 Å². The van der Waals surface area contributed by atoms with Crippen LogP contribution in [0.15, 0.2) is 23.4 Å². The van der Waals surface area contributed by atoms with Crippen LogP contribution in [0, 0.1) is 6.92 Å². The fourth-order valence-electron chi connectivity index (χ4n) is 3.51. The number of nitrogens with one attached hydrogen (secondary N) is 1. The molecule has 150 valence electrons. The predicted octanol–water partition coefficient (Wildman–Crippen LogP) is 3.05. The molecule has 2 heterocycles. The van der Waals surface area contributed by atoms with Crippen LogP contribution in [0.4, 0.5) is 11.6 Å². The van der Waals surface area contributed by atoms with E-state index in [0.29, 0.717) is 11.8 Å². The summed E-state index contributed by atoms with van der Waals surface area (Å²) in [5.74, 6) is 1.24. The zero-order valence-corrected chi connectivity index (χ0v) is 17.3. The molecule has 1 saturated heterocycles. The molecular formula is C20H27N5O2S. The highest BCUT2D eigenvalue weighted by atomic mass is 32.2. The first kappa shape index (κ1) is 19.3. The van der Waals surface area contributed by atoms with Crippen LogP contribution in [-0.2, 0) is 16.0 Å². The second kappa shape index (κ2) is 8.53. The van der Waals surface area contributed by atoms with E-state index in [2.05, 4.69) is 38.0 Å². The molecule has 0 bridgehead atoms. The van der Waals surface area contributed by atoms with Crippen molar-refractivity contribution in [3.8, 4) is 0 Å². The Kier molecular flexibility index (Phi) is 5.87. The van der Waals surface area contributed by atoms with Gasteiger partial charge in [0.15, 0.2) is 5.16 Å². The Morgan fingerprint density at radius 1 is 1.29 bits per heavy atom. The van der Waals surface area contributed by atoms with Crippen LogP contribution in [0.5, 0.6) is 0 Å². The first-order chi connectivity index (χ1) is 13.7. The number of carbonyl (C=O) groups is 1. The van der Waals surface area contributed by atoms with E-state index >= 15 is 0 Å². The Hall–Kier alpha value is -2.06. The summed E-state index contributed by atoms with van der Waals surface area (Å²) < 4.78 is 7.67. The molecule has 4 rings (SSSR count). The van der Waals surface area contributed by atoms with E-state index in [4.69, 9.17) is 4.74 Å². The van der Waals surface area contributed by atoms with E-state index < -0.39 is 0 Å². The van der Waals surface area contributed by atoms with Gasteiger partial charge in [0.05, 0.1) is 19.0 Å². The van der Waals surface area contributed by atoms with E-state index in [1.54, 1.807) is 0 Å². The lowest BCUT2D eigenvalue weighted by Gasteiger charge is -2.27. The molecule has 1 aliphatic carbocycles. The van der Waals surface area contributed by atoms with Crippen LogP contribution >= 0.6 is 11.8 Å². The van der Waals surface area contributed by atoms with Crippen molar-refractivity contribution in [1.82, 2.24) is 14.8 Å². The first-order valence-electron chi connectivity index (χ1n) is 9.96. The number of carbonyl (C=O) groups excluding carboxylic acids is 1. The summed E-state index contributed by atoms with van der Waals surface area (Å²) in [4.78, 5) is 14.8. The summed E-state index contributed by atoms with van der Waals surface area (Å²) in [6, 6.07) is 6.58. The molecule has 2 aromatic rings. The Labute approximate surface area is 169 Å². The fourth-order valence-corrected chi connectivity index (χ4v) is 4.31. The zero-order valence-electron chi connectivity index (χ0n) is 16.5. The molecule has 1 amide bonds. The van der Waals surface area contributed by atoms with Gasteiger partial charge in [0.2, 0.25) is 11.9 Å². The van der Waals surface area contributed by atoms with E-state index in [1.165, 1.54) is 11.8 Å². The number of amides is 1. The number of thioether (sulfide) groups is 1. The standard InChI is InChI=1S/C20H27N5O2S/c1-3-15-6-4-5-14(2)18(15)21-17(26)13-28-20-23-22-19(25(20)16-7-8-16)24-9-11-27-12-10-24/h4-6,16H,3,7-13H2,1-2H3,(H,21,26). The molecule has 0 atom stereocenters. The Balaban J connectivity index is 1.44. The molecule has 7 nitrogen and oxygen atoms in total. The number of hydrogen-bond donors (Lipinski definition) is 1. The number of anilines is 2. The number of para-hydroxylation sites is 1. The number of morpholine rings is 1. The summed E-state index contributed by atoms with van der Waals surface area (Å²) in [5, 5.41) is 12.8. The van der Waals surface area contributed by atoms with E-state index in [9.17, 15) is 4.79 Å². The van der Waals surface area contributed by atoms with Gasteiger partial charge in [-0.15, -0.1) is 10.2 Å². The average molecular weight is 402 g/mol. The van der Waals surface area contributed by atoms with Gasteiger partial charge in [0.25, 0.3) is 0 Å². The SMILES string of the molecule is CCc1cccc(C)c1NC(=O)CSc1nnc(N2CCOCC2)n1C1CC1. The molecule has 2 fully saturated rings. The molecule has 28 heavy (non-hydrogen) atoms. The van der Waals surface area contributed by atoms with Gasteiger partial charge < -0.3 is 15.0 Å². The minimum Gasteiger partial charge on any atom is -0.378 e. The van der Waals surface area contributed by atoms with Crippen molar-refractivity contribution in [1.29, 1.82) is 0 Å². The molecule has 2 aliphatic rings. The topological polar surface area (TPSA) is 72.3 Å². The molecule has 1 aromatic carbocycles. The average Bonchev–Trinajstić information content (AvgIpc) is 3.47. The minimum atomic E-state index is -0.00716. The number of nitrogens with zero attached hydrogens (tertiary/aromatic N) is 4. The summed E-state index contributed by atoms with van der Waals surface area (Å²) in [6.45, 7) is 7.24. The molecule has 0 unspecified atom stereocenters. The van der Waals surface area contributed by atoms with Crippen molar-refractivity contribution in [3.05, 3.63) is 29.3 Å². The number of benzene rings is 1. The molecule has 8 heteroatoms. The lowest BCUT2D eigenvalue weighted by Crippen LogP contribution is -2.38. The quantitative estimate of drug-likeness (QED) is 0.719. The van der Waals surface area contributed by atoms with Gasteiger partial charge in [0, 0.05) is 24.8 Å². The number of aryl methyl sites for hydroxylation is 2. The van der Waals surface area contributed by atoms with Crippen LogP contribution < -0.4 is 10.2 Å². The van der Waals surface area contributed by atoms with Gasteiger partial charge in [-0.2, -0.15) is 0 Å². The van der Waals surface area contributed by atoms with Crippen molar-refractivity contribution < 1.29 is 9.53 Å². The van der Waals surface area contributed by atoms with E-state index in [0.717, 1.165) is 73.5 Å². The maximum atomic E-state index is 12.6. The van der Waals surface area contributed by atoms with Crippen molar-refractivity contribution in [2.24, 2.45) is 0 Å². The van der Waals surface area contributed by atoms with Crippen LogP contribution in [0.2, 0.25) is 0 Å². The molecule has 0 spiro atoms. The van der Waals surface area contributed by atoms with E-state index in [-0.39, 0.29) is 5.91 Å². The van der Waals surface area contributed by atoms with Gasteiger partial charge in [-0.05, 0) is 37.3 Å². The second-order valence-corrected chi connectivity index (χ2v) is 8.23. The number of hydrogen-bond acceptors (Lipinski definition) is 6. The van der Waals surface area contributed by atoms with Crippen LogP contribution in [-0.4, -0.2) is 52.7 Å². The highest BCUT2D eigenvalue weighted by molar-refractivity contribution is 7.99. The summed E-state index contributed by atoms with van der Waals surface area (Å²) >= 11 is 1.47. The maximum Gasteiger partial charge on any atom is 0.234 e. The van der Waals surface area contributed by atoms with Crippen molar-refractivity contribution >= 4 is 29.3 Å². The smallest absolute Gasteiger partial charge is 0.234 e. The number of rotatable bonds is 7. The van der Waals surface area contributed by atoms with E-state index in [1.807, 2.05) is 19.1 Å². The summed E-state index contributed by atoms with van der Waals surface area (Å²) in [7, 11) is 0. The maximum absolute atomic E-state index is 12.6. The second-order valence-electron chi connectivity index (χ2n) is 7.28. The third-order valence-corrected chi connectivity index (χ3v) is 6.13. The number of ether oxygens (including phenoxy) is 1. The first-order valence-corrected chi connectivity index (χ1v) is 10.9. The fraction of sp³-hybridized carbons (Fsp3) is 0.550. The summed E-state index contributed by atoms with van der Waals surface area (Å²) in [5.41, 5.74) is 3.19. The van der Waals surface area contributed by atoms with Gasteiger partial charge >= 0.3 is 0 Å². The molecule has 1 aliphatic heterocycles. The number of aromatic nitrogens is 3. The minimum absolute atomic E-state index is 0.00716. The third kappa shape index (κ3) is 4.17. The lowest BCUT2D eigenvalue weighted by molar-refractivity contribution is -0.113. The molecular weight excluding hydrogens is 374 g/mol. The normalized spacial score (nSPS) is 17.0. The van der Waals surface area contributed by atoms with Crippen molar-refractivity contribution in [2.45, 2.75) is 44.3 Å². The molecule has 0 radical (unpaired) electrons. The monoisotopic (exact) mass is 401 g/mol. The molecule has 1 aromatic heterocycles. The molecule has 1 N–H and O–H groups in total. The van der Waals surface area contributed by atoms with Crippen LogP contribution in [0.3, 0.4) is 0 Å². The van der Waals surface area contributed by atoms with Crippen molar-refractivity contribution in [3.63, 3.8) is 0 Å². The van der Waals surface area contributed by atoms with Gasteiger partial charge in [-0.25, -0.2) is 0 Å². The highest BCUT2D eigenvalue weighted by Crippen LogP contribution is 2.41. The van der Waals surface area contributed by atoms with Crippen LogP contribution in [0.1, 0.15) is 36.9 Å². The Morgan fingerprint density at radius 3 is 2.79 bits per heavy atom. The van der Waals surface area contributed by atoms with Gasteiger partial charge in [-0.1, -0.05) is 36.9 Å². The zero-order chi connectivity index (χ0) is 19.5. The molecule has 1 saturated carbocycles.